The van der Waals surface area contributed by atoms with E-state index in [1.165, 1.54) is 23.4 Å². The third-order valence-electron chi connectivity index (χ3n) is 6.00. The highest BCUT2D eigenvalue weighted by Crippen LogP contribution is 2.35. The first kappa shape index (κ1) is 16.9. The Labute approximate surface area is 162 Å². The molecule has 2 aromatic rings. The first-order valence-electron chi connectivity index (χ1n) is 9.66. The Hall–Kier alpha value is -2.22. The number of carbonyl (C=O) groups excluding carboxylic acids is 2. The van der Waals surface area contributed by atoms with Crippen LogP contribution >= 0.6 is 11.3 Å². The van der Waals surface area contributed by atoms with E-state index in [0.717, 1.165) is 24.3 Å². The fraction of sp³-hybridized carbons (Fsp3) is 0.579. The van der Waals surface area contributed by atoms with Gasteiger partial charge in [0.25, 0.3) is 5.91 Å². The molecule has 1 aliphatic carbocycles. The van der Waals surface area contributed by atoms with Crippen LogP contribution in [0.4, 0.5) is 0 Å². The quantitative estimate of drug-likeness (QED) is 0.807. The molecule has 0 radical (unpaired) electrons. The van der Waals surface area contributed by atoms with Gasteiger partial charge in [-0.3, -0.25) is 9.59 Å². The Morgan fingerprint density at radius 3 is 2.93 bits per heavy atom. The smallest absolute Gasteiger partial charge is 0.274 e. The Bertz CT molecular complexity index is 880. The summed E-state index contributed by atoms with van der Waals surface area (Å²) in [6, 6.07) is 0.0627. The van der Waals surface area contributed by atoms with E-state index in [-0.39, 0.29) is 23.9 Å². The highest BCUT2D eigenvalue weighted by atomic mass is 32.1. The molecular weight excluding hydrogens is 362 g/mol. The average Bonchev–Trinajstić information content (AvgIpc) is 3.40. The summed E-state index contributed by atoms with van der Waals surface area (Å²) in [5.41, 5.74) is 1.69. The van der Waals surface area contributed by atoms with Crippen molar-refractivity contribution >= 4 is 23.2 Å². The maximum Gasteiger partial charge on any atom is 0.274 e. The van der Waals surface area contributed by atoms with Gasteiger partial charge in [0.05, 0.1) is 30.6 Å². The standard InChI is InChI=1S/C19H23N5O2S/c1-22-9-13(20-11-22)19(26)23-7-6-14-15(23)8-18(25)24(14)10-17-21-12-4-2-3-5-16(12)27-17/h9,11,14-15H,2-8,10H2,1H3/t14-,15-/m0/s1. The van der Waals surface area contributed by atoms with Crippen molar-refractivity contribution in [1.82, 2.24) is 24.3 Å². The summed E-state index contributed by atoms with van der Waals surface area (Å²) in [4.78, 5) is 39.7. The molecule has 0 bridgehead atoms. The normalized spacial score (nSPS) is 24.4. The van der Waals surface area contributed by atoms with E-state index in [2.05, 4.69) is 4.98 Å². The molecule has 7 nitrogen and oxygen atoms in total. The first-order chi connectivity index (χ1) is 13.1. The number of aromatic nitrogens is 3. The van der Waals surface area contributed by atoms with Crippen molar-refractivity contribution in [2.75, 3.05) is 6.54 Å². The van der Waals surface area contributed by atoms with E-state index in [0.29, 0.717) is 25.2 Å². The summed E-state index contributed by atoms with van der Waals surface area (Å²) in [7, 11) is 1.85. The molecule has 2 aromatic heterocycles. The largest absolute Gasteiger partial charge is 0.340 e. The van der Waals surface area contributed by atoms with Crippen LogP contribution in [0, 0.1) is 0 Å². The predicted octanol–water partition coefficient (Wildman–Crippen LogP) is 1.77. The van der Waals surface area contributed by atoms with Crippen molar-refractivity contribution in [1.29, 1.82) is 0 Å². The molecule has 2 atom stereocenters. The van der Waals surface area contributed by atoms with E-state index in [1.54, 1.807) is 28.4 Å². The average molecular weight is 385 g/mol. The van der Waals surface area contributed by atoms with Crippen molar-refractivity contribution in [2.45, 2.75) is 57.2 Å². The first-order valence-corrected chi connectivity index (χ1v) is 10.5. The second-order valence-electron chi connectivity index (χ2n) is 7.76. The molecule has 2 fully saturated rings. The molecule has 4 heterocycles. The Morgan fingerprint density at radius 1 is 1.30 bits per heavy atom. The molecule has 27 heavy (non-hydrogen) atoms. The molecule has 0 unspecified atom stereocenters. The van der Waals surface area contributed by atoms with Gasteiger partial charge in [-0.2, -0.15) is 0 Å². The summed E-state index contributed by atoms with van der Waals surface area (Å²) in [5.74, 6) is 0.0687. The number of aryl methyl sites for hydroxylation is 3. The number of hydrogen-bond acceptors (Lipinski definition) is 5. The molecular formula is C19H23N5O2S. The summed E-state index contributed by atoms with van der Waals surface area (Å²) in [6.45, 7) is 1.27. The maximum absolute atomic E-state index is 12.8. The molecule has 2 aliphatic heterocycles. The number of likely N-dealkylation sites (tertiary alicyclic amines) is 2. The van der Waals surface area contributed by atoms with Gasteiger partial charge in [0.1, 0.15) is 10.7 Å². The maximum atomic E-state index is 12.8. The van der Waals surface area contributed by atoms with Crippen LogP contribution in [0.2, 0.25) is 0 Å². The van der Waals surface area contributed by atoms with E-state index in [9.17, 15) is 9.59 Å². The lowest BCUT2D eigenvalue weighted by molar-refractivity contribution is -0.129. The molecule has 0 spiro atoms. The number of nitrogens with zero attached hydrogens (tertiary/aromatic N) is 5. The van der Waals surface area contributed by atoms with Gasteiger partial charge in [-0.05, 0) is 32.1 Å². The van der Waals surface area contributed by atoms with Crippen molar-refractivity contribution in [3.63, 3.8) is 0 Å². The van der Waals surface area contributed by atoms with Crippen LogP contribution in [0.5, 0.6) is 0 Å². The van der Waals surface area contributed by atoms with Crippen molar-refractivity contribution in [2.24, 2.45) is 7.05 Å². The molecule has 0 aromatic carbocycles. The summed E-state index contributed by atoms with van der Waals surface area (Å²) in [5, 5.41) is 1.05. The summed E-state index contributed by atoms with van der Waals surface area (Å²) in [6.07, 6.45) is 9.27. The van der Waals surface area contributed by atoms with Crippen LogP contribution in [0.25, 0.3) is 0 Å². The Morgan fingerprint density at radius 2 is 2.15 bits per heavy atom. The van der Waals surface area contributed by atoms with Crippen molar-refractivity contribution < 1.29 is 9.59 Å². The van der Waals surface area contributed by atoms with Gasteiger partial charge in [-0.15, -0.1) is 11.3 Å². The highest BCUT2D eigenvalue weighted by Gasteiger charge is 2.48. The molecule has 2 saturated heterocycles. The fourth-order valence-electron chi connectivity index (χ4n) is 4.67. The zero-order chi connectivity index (χ0) is 18.5. The van der Waals surface area contributed by atoms with Crippen LogP contribution in [0.1, 0.15) is 51.8 Å². The third-order valence-corrected chi connectivity index (χ3v) is 7.14. The highest BCUT2D eigenvalue weighted by molar-refractivity contribution is 7.11. The minimum absolute atomic E-state index is 0.0402. The van der Waals surface area contributed by atoms with E-state index >= 15 is 0 Å². The van der Waals surface area contributed by atoms with Gasteiger partial charge < -0.3 is 14.4 Å². The van der Waals surface area contributed by atoms with Gasteiger partial charge in [-0.1, -0.05) is 0 Å². The van der Waals surface area contributed by atoms with Crippen LogP contribution in [-0.2, 0) is 31.2 Å². The Kier molecular flexibility index (Phi) is 4.03. The monoisotopic (exact) mass is 385 g/mol. The fourth-order valence-corrected chi connectivity index (χ4v) is 5.83. The van der Waals surface area contributed by atoms with Gasteiger partial charge in [0.2, 0.25) is 5.91 Å². The number of carbonyl (C=O) groups is 2. The van der Waals surface area contributed by atoms with E-state index in [4.69, 9.17) is 4.98 Å². The SMILES string of the molecule is Cn1cnc(C(=O)N2CC[C@H]3[C@@H]2CC(=O)N3Cc2nc3c(s2)CCCC3)c1. The van der Waals surface area contributed by atoms with Crippen LogP contribution in [0.15, 0.2) is 12.5 Å². The van der Waals surface area contributed by atoms with Crippen molar-refractivity contribution in [3.05, 3.63) is 33.8 Å². The zero-order valence-corrected chi connectivity index (χ0v) is 16.2. The molecule has 5 rings (SSSR count). The number of amides is 2. The molecule has 142 valence electrons. The zero-order valence-electron chi connectivity index (χ0n) is 15.4. The number of fused-ring (bicyclic) bond motifs is 2. The number of imidazole rings is 1. The lowest BCUT2D eigenvalue weighted by atomic mass is 10.0. The minimum Gasteiger partial charge on any atom is -0.340 e. The van der Waals surface area contributed by atoms with Crippen LogP contribution < -0.4 is 0 Å². The predicted molar refractivity (Wildman–Crippen MR) is 100 cm³/mol. The van der Waals surface area contributed by atoms with Crippen molar-refractivity contribution in [3.8, 4) is 0 Å². The number of thiazole rings is 1. The van der Waals surface area contributed by atoms with Gasteiger partial charge in [-0.25, -0.2) is 9.97 Å². The molecule has 0 saturated carbocycles. The number of hydrogen-bond donors (Lipinski definition) is 0. The van der Waals surface area contributed by atoms with Gasteiger partial charge >= 0.3 is 0 Å². The van der Waals surface area contributed by atoms with Gasteiger partial charge in [0, 0.05) is 31.1 Å². The summed E-state index contributed by atoms with van der Waals surface area (Å²) >= 11 is 1.77. The summed E-state index contributed by atoms with van der Waals surface area (Å²) < 4.78 is 1.77. The lowest BCUT2D eigenvalue weighted by Gasteiger charge is -2.24. The second kappa shape index (κ2) is 6.44. The Balaban J connectivity index is 1.33. The lowest BCUT2D eigenvalue weighted by Crippen LogP contribution is -2.39. The van der Waals surface area contributed by atoms with E-state index < -0.39 is 0 Å². The van der Waals surface area contributed by atoms with E-state index in [1.807, 2.05) is 16.8 Å². The molecule has 2 amide bonds. The topological polar surface area (TPSA) is 71.3 Å². The third kappa shape index (κ3) is 2.86. The van der Waals surface area contributed by atoms with Crippen LogP contribution in [-0.4, -0.2) is 54.8 Å². The van der Waals surface area contributed by atoms with Crippen LogP contribution in [0.3, 0.4) is 0 Å². The molecule has 8 heteroatoms. The minimum atomic E-state index is -0.0672. The van der Waals surface area contributed by atoms with Gasteiger partial charge in [0.15, 0.2) is 0 Å². The molecule has 3 aliphatic rings. The number of rotatable bonds is 3. The second-order valence-corrected chi connectivity index (χ2v) is 8.92. The molecule has 0 N–H and O–H groups in total.